The molecule has 8 heteroatoms. The van der Waals surface area contributed by atoms with Crippen LogP contribution in [-0.2, 0) is 16.6 Å². The molecule has 0 bridgehead atoms. The number of nitrogens with zero attached hydrogens (tertiary/aromatic N) is 3. The van der Waals surface area contributed by atoms with E-state index in [0.717, 1.165) is 0 Å². The summed E-state index contributed by atoms with van der Waals surface area (Å²) in [6, 6.07) is 6.69. The molecule has 0 aliphatic rings. The van der Waals surface area contributed by atoms with Crippen LogP contribution < -0.4 is 0 Å². The predicted octanol–water partition coefficient (Wildman–Crippen LogP) is 1.39. The summed E-state index contributed by atoms with van der Waals surface area (Å²) in [5, 5.41) is 6.31. The lowest BCUT2D eigenvalue weighted by molar-refractivity contribution is 0.457. The molecule has 0 aliphatic heterocycles. The van der Waals surface area contributed by atoms with Crippen molar-refractivity contribution in [2.24, 2.45) is 0 Å². The summed E-state index contributed by atoms with van der Waals surface area (Å²) in [4.78, 5) is 4.13. The molecule has 0 atom stereocenters. The molecule has 0 amide bonds. The highest BCUT2D eigenvalue weighted by atomic mass is 79.9. The van der Waals surface area contributed by atoms with Crippen LogP contribution in [-0.4, -0.2) is 35.0 Å². The van der Waals surface area contributed by atoms with Gasteiger partial charge in [0.15, 0.2) is 0 Å². The Labute approximate surface area is 113 Å². The van der Waals surface area contributed by atoms with Gasteiger partial charge in [-0.15, -0.1) is 0 Å². The Bertz CT molecular complexity index is 627. The minimum Gasteiger partial charge on any atom is -0.262 e. The molecule has 1 aromatic carbocycles. The van der Waals surface area contributed by atoms with E-state index in [2.05, 4.69) is 31.1 Å². The van der Waals surface area contributed by atoms with Crippen molar-refractivity contribution < 1.29 is 8.42 Å². The van der Waals surface area contributed by atoms with E-state index in [1.54, 1.807) is 24.3 Å². The van der Waals surface area contributed by atoms with Crippen molar-refractivity contribution in [3.8, 4) is 0 Å². The summed E-state index contributed by atoms with van der Waals surface area (Å²) in [5.41, 5.74) is 0. The van der Waals surface area contributed by atoms with Crippen molar-refractivity contribution in [3.63, 3.8) is 0 Å². The highest BCUT2D eigenvalue weighted by Gasteiger charge is 2.23. The molecule has 96 valence electrons. The van der Waals surface area contributed by atoms with E-state index in [1.165, 1.54) is 17.7 Å². The summed E-state index contributed by atoms with van der Waals surface area (Å²) >= 11 is 3.24. The number of aromatic amines is 1. The van der Waals surface area contributed by atoms with Gasteiger partial charge in [-0.25, -0.2) is 13.4 Å². The first-order valence-electron chi connectivity index (χ1n) is 5.07. The third kappa shape index (κ3) is 2.60. The summed E-state index contributed by atoms with van der Waals surface area (Å²) in [6.45, 7) is 0.143. The number of aromatic nitrogens is 3. The molecule has 0 spiro atoms. The van der Waals surface area contributed by atoms with Gasteiger partial charge in [0, 0.05) is 11.5 Å². The Morgan fingerprint density at radius 1 is 1.39 bits per heavy atom. The summed E-state index contributed by atoms with van der Waals surface area (Å²) in [7, 11) is -2.05. The standard InChI is InChI=1S/C10H11BrN4O2S/c1-15(6-10-12-7-13-14-10)18(16,17)9-5-3-2-4-8(9)11/h2-5,7H,6H2,1H3,(H,12,13,14). The molecular weight excluding hydrogens is 320 g/mol. The van der Waals surface area contributed by atoms with Gasteiger partial charge >= 0.3 is 0 Å². The molecule has 0 radical (unpaired) electrons. The number of hydrogen-bond donors (Lipinski definition) is 1. The zero-order chi connectivity index (χ0) is 13.2. The maximum absolute atomic E-state index is 12.3. The Hall–Kier alpha value is -1.25. The molecule has 0 saturated heterocycles. The van der Waals surface area contributed by atoms with Gasteiger partial charge in [0.2, 0.25) is 10.0 Å². The largest absolute Gasteiger partial charge is 0.262 e. The summed E-state index contributed by atoms with van der Waals surface area (Å²) < 4.78 is 26.4. The molecule has 0 aliphatic carbocycles. The fourth-order valence-electron chi connectivity index (χ4n) is 1.42. The van der Waals surface area contributed by atoms with Gasteiger partial charge in [0.1, 0.15) is 12.2 Å². The second kappa shape index (κ2) is 5.17. The van der Waals surface area contributed by atoms with Gasteiger partial charge < -0.3 is 0 Å². The first kappa shape index (κ1) is 13.2. The number of benzene rings is 1. The fourth-order valence-corrected chi connectivity index (χ4v) is 3.52. The molecule has 1 aromatic heterocycles. The molecular formula is C10H11BrN4O2S. The summed E-state index contributed by atoms with van der Waals surface area (Å²) in [6.07, 6.45) is 1.34. The number of hydrogen-bond acceptors (Lipinski definition) is 4. The van der Waals surface area contributed by atoms with Gasteiger partial charge in [-0.2, -0.15) is 9.40 Å². The van der Waals surface area contributed by atoms with E-state index in [-0.39, 0.29) is 11.4 Å². The highest BCUT2D eigenvalue weighted by Crippen LogP contribution is 2.24. The van der Waals surface area contributed by atoms with E-state index >= 15 is 0 Å². The SMILES string of the molecule is CN(Cc1ncn[nH]1)S(=O)(=O)c1ccccc1Br. The molecule has 6 nitrogen and oxygen atoms in total. The fraction of sp³-hybridized carbons (Fsp3) is 0.200. The van der Waals surface area contributed by atoms with Crippen molar-refractivity contribution in [2.45, 2.75) is 11.4 Å². The number of sulfonamides is 1. The third-order valence-corrected chi connectivity index (χ3v) is 5.18. The molecule has 0 saturated carbocycles. The van der Waals surface area contributed by atoms with Crippen LogP contribution in [0.25, 0.3) is 0 Å². The van der Waals surface area contributed by atoms with Crippen LogP contribution in [0.15, 0.2) is 40.0 Å². The maximum Gasteiger partial charge on any atom is 0.244 e. The van der Waals surface area contributed by atoms with Crippen LogP contribution in [0.1, 0.15) is 5.82 Å². The number of H-pyrrole nitrogens is 1. The second-order valence-corrected chi connectivity index (χ2v) is 6.49. The van der Waals surface area contributed by atoms with Crippen molar-refractivity contribution >= 4 is 26.0 Å². The zero-order valence-electron chi connectivity index (χ0n) is 9.54. The minimum absolute atomic E-state index is 0.143. The second-order valence-electron chi connectivity index (χ2n) is 3.62. The Kier molecular flexibility index (Phi) is 3.79. The van der Waals surface area contributed by atoms with Gasteiger partial charge in [0.05, 0.1) is 11.4 Å². The van der Waals surface area contributed by atoms with Crippen molar-refractivity contribution in [1.82, 2.24) is 19.5 Å². The maximum atomic E-state index is 12.3. The predicted molar refractivity (Wildman–Crippen MR) is 69.2 cm³/mol. The number of halogens is 1. The van der Waals surface area contributed by atoms with Crippen LogP contribution >= 0.6 is 15.9 Å². The quantitative estimate of drug-likeness (QED) is 0.918. The van der Waals surface area contributed by atoms with Crippen molar-refractivity contribution in [1.29, 1.82) is 0 Å². The Morgan fingerprint density at radius 2 is 2.11 bits per heavy atom. The van der Waals surface area contributed by atoms with Gasteiger partial charge in [-0.05, 0) is 28.1 Å². The van der Waals surface area contributed by atoms with Crippen LogP contribution in [0.5, 0.6) is 0 Å². The van der Waals surface area contributed by atoms with E-state index in [4.69, 9.17) is 0 Å². The monoisotopic (exact) mass is 330 g/mol. The van der Waals surface area contributed by atoms with E-state index < -0.39 is 10.0 Å². The Balaban J connectivity index is 2.29. The molecule has 0 fully saturated rings. The van der Waals surface area contributed by atoms with Gasteiger partial charge in [-0.1, -0.05) is 12.1 Å². The van der Waals surface area contributed by atoms with Crippen LogP contribution in [0, 0.1) is 0 Å². The first-order valence-corrected chi connectivity index (χ1v) is 7.30. The number of rotatable bonds is 4. The average molecular weight is 331 g/mol. The topological polar surface area (TPSA) is 79.0 Å². The molecule has 1 N–H and O–H groups in total. The van der Waals surface area contributed by atoms with Crippen LogP contribution in [0.4, 0.5) is 0 Å². The molecule has 2 rings (SSSR count). The van der Waals surface area contributed by atoms with Crippen LogP contribution in [0.3, 0.4) is 0 Å². The zero-order valence-corrected chi connectivity index (χ0v) is 11.9. The van der Waals surface area contributed by atoms with Gasteiger partial charge in [0.25, 0.3) is 0 Å². The number of nitrogens with one attached hydrogen (secondary N) is 1. The van der Waals surface area contributed by atoms with Crippen molar-refractivity contribution in [2.75, 3.05) is 7.05 Å². The lowest BCUT2D eigenvalue weighted by Crippen LogP contribution is -2.27. The normalized spacial score (nSPS) is 11.9. The first-order chi connectivity index (χ1) is 8.51. The van der Waals surface area contributed by atoms with Crippen LogP contribution in [0.2, 0.25) is 0 Å². The lowest BCUT2D eigenvalue weighted by atomic mass is 10.4. The lowest BCUT2D eigenvalue weighted by Gasteiger charge is -2.16. The molecule has 18 heavy (non-hydrogen) atoms. The van der Waals surface area contributed by atoms with E-state index in [9.17, 15) is 8.42 Å². The third-order valence-electron chi connectivity index (χ3n) is 2.36. The van der Waals surface area contributed by atoms with E-state index in [1.807, 2.05) is 0 Å². The Morgan fingerprint density at radius 3 is 2.72 bits per heavy atom. The average Bonchev–Trinajstić information content (AvgIpc) is 2.82. The smallest absolute Gasteiger partial charge is 0.244 e. The molecule has 1 heterocycles. The minimum atomic E-state index is -3.55. The highest BCUT2D eigenvalue weighted by molar-refractivity contribution is 9.10. The van der Waals surface area contributed by atoms with Gasteiger partial charge in [-0.3, -0.25) is 5.10 Å². The van der Waals surface area contributed by atoms with E-state index in [0.29, 0.717) is 10.3 Å². The van der Waals surface area contributed by atoms with Crippen molar-refractivity contribution in [3.05, 3.63) is 40.9 Å². The molecule has 2 aromatic rings. The summed E-state index contributed by atoms with van der Waals surface area (Å²) in [5.74, 6) is 0.494. The molecule has 0 unspecified atom stereocenters.